The molecule has 3 aliphatic rings. The highest BCUT2D eigenvalue weighted by atomic mass is 16.6. The lowest BCUT2D eigenvalue weighted by Gasteiger charge is -2.37. The Kier molecular flexibility index (Phi) is 7.31. The quantitative estimate of drug-likeness (QED) is 0.616. The van der Waals surface area contributed by atoms with Crippen LogP contribution in [0.3, 0.4) is 0 Å². The number of likely N-dealkylation sites (tertiary alicyclic amines) is 1. The molecular weight excluding hydrogens is 360 g/mol. The van der Waals surface area contributed by atoms with Crippen LogP contribution in [-0.4, -0.2) is 115 Å². The van der Waals surface area contributed by atoms with Crippen molar-refractivity contribution in [2.24, 2.45) is 5.92 Å². The van der Waals surface area contributed by atoms with Crippen LogP contribution in [0.15, 0.2) is 0 Å². The first kappa shape index (κ1) is 21.5. The van der Waals surface area contributed by atoms with E-state index in [2.05, 4.69) is 21.6 Å². The van der Waals surface area contributed by atoms with Gasteiger partial charge in [-0.2, -0.15) is 4.79 Å². The monoisotopic (exact) mass is 397 g/mol. The van der Waals surface area contributed by atoms with Crippen molar-refractivity contribution >= 4 is 12.1 Å². The molecule has 0 spiro atoms. The number of hydrogen-bond donors (Lipinski definition) is 1. The zero-order valence-corrected chi connectivity index (χ0v) is 17.5. The van der Waals surface area contributed by atoms with Crippen LogP contribution < -0.4 is 0 Å². The lowest BCUT2D eigenvalue weighted by molar-refractivity contribution is -0.828. The van der Waals surface area contributed by atoms with Crippen molar-refractivity contribution in [1.82, 2.24) is 14.7 Å². The van der Waals surface area contributed by atoms with Crippen LogP contribution in [0.1, 0.15) is 32.6 Å². The van der Waals surface area contributed by atoms with Crippen LogP contribution in [0.4, 0.5) is 4.79 Å². The van der Waals surface area contributed by atoms with Crippen LogP contribution in [-0.2, 0) is 9.53 Å². The van der Waals surface area contributed by atoms with E-state index in [1.807, 2.05) is 7.05 Å². The zero-order valence-electron chi connectivity index (χ0n) is 17.5. The molecule has 3 rings (SSSR count). The number of piperidine rings is 1. The topological polar surface area (TPSA) is 73.3 Å². The van der Waals surface area contributed by atoms with Crippen molar-refractivity contribution in [2.75, 3.05) is 72.5 Å². The van der Waals surface area contributed by atoms with Gasteiger partial charge in [-0.05, 0) is 45.4 Å². The van der Waals surface area contributed by atoms with E-state index in [-0.39, 0.29) is 18.7 Å². The summed E-state index contributed by atoms with van der Waals surface area (Å²) < 4.78 is 6.20. The number of ether oxygens (including phenoxy) is 1. The van der Waals surface area contributed by atoms with Gasteiger partial charge in [0.05, 0.1) is 13.6 Å². The highest BCUT2D eigenvalue weighted by molar-refractivity contribution is 5.66. The molecule has 0 saturated carbocycles. The molecule has 1 amide bonds. The van der Waals surface area contributed by atoms with Gasteiger partial charge in [0.15, 0.2) is 0 Å². The predicted molar refractivity (Wildman–Crippen MR) is 106 cm³/mol. The molecule has 3 heterocycles. The fraction of sp³-hybridized carbons (Fsp3) is 0.900. The highest BCUT2D eigenvalue weighted by Crippen LogP contribution is 2.28. The van der Waals surface area contributed by atoms with Gasteiger partial charge in [0.25, 0.3) is 0 Å². The molecule has 28 heavy (non-hydrogen) atoms. The Morgan fingerprint density at radius 1 is 1.14 bits per heavy atom. The minimum absolute atomic E-state index is 0.0770. The number of carboxylic acid groups (broad SMARTS) is 1. The fourth-order valence-corrected chi connectivity index (χ4v) is 4.82. The molecule has 160 valence electrons. The maximum Gasteiger partial charge on any atom is 0.517 e. The molecule has 0 aromatic carbocycles. The SMILES string of the molecule is CCN1CCC(C[N+]2(C)CC(N3CCN(CCCC(=O)O)CC3)OC2=O)CC1. The van der Waals surface area contributed by atoms with E-state index in [1.54, 1.807) is 0 Å². The Balaban J connectivity index is 1.43. The van der Waals surface area contributed by atoms with E-state index in [0.29, 0.717) is 16.8 Å². The summed E-state index contributed by atoms with van der Waals surface area (Å²) in [5.41, 5.74) is 0. The van der Waals surface area contributed by atoms with E-state index >= 15 is 0 Å². The summed E-state index contributed by atoms with van der Waals surface area (Å²) in [6.45, 7) is 11.6. The molecule has 0 aliphatic carbocycles. The number of rotatable bonds is 8. The molecule has 3 saturated heterocycles. The molecule has 0 radical (unpaired) electrons. The number of carbonyl (C=O) groups excluding carboxylic acids is 1. The lowest BCUT2D eigenvalue weighted by Crippen LogP contribution is -2.54. The van der Waals surface area contributed by atoms with E-state index in [4.69, 9.17) is 9.84 Å². The second kappa shape index (κ2) is 9.52. The van der Waals surface area contributed by atoms with Gasteiger partial charge in [-0.25, -0.2) is 4.48 Å². The van der Waals surface area contributed by atoms with E-state index in [9.17, 15) is 9.59 Å². The minimum Gasteiger partial charge on any atom is -0.481 e. The number of piperazine rings is 1. The number of carboxylic acids is 1. The second-order valence-electron chi connectivity index (χ2n) is 8.85. The Labute approximate surface area is 168 Å². The highest BCUT2D eigenvalue weighted by Gasteiger charge is 2.49. The summed E-state index contributed by atoms with van der Waals surface area (Å²) >= 11 is 0. The third kappa shape index (κ3) is 5.43. The van der Waals surface area contributed by atoms with E-state index in [0.717, 1.165) is 65.4 Å². The van der Waals surface area contributed by atoms with Gasteiger partial charge < -0.3 is 19.6 Å². The summed E-state index contributed by atoms with van der Waals surface area (Å²) in [4.78, 5) is 30.4. The first-order valence-corrected chi connectivity index (χ1v) is 10.9. The molecule has 8 heteroatoms. The van der Waals surface area contributed by atoms with Crippen molar-refractivity contribution in [3.8, 4) is 0 Å². The summed E-state index contributed by atoms with van der Waals surface area (Å²) in [6.07, 6.45) is 3.08. The molecule has 3 aliphatic heterocycles. The van der Waals surface area contributed by atoms with Gasteiger partial charge in [0, 0.05) is 38.5 Å². The second-order valence-corrected chi connectivity index (χ2v) is 8.85. The van der Waals surface area contributed by atoms with E-state index < -0.39 is 5.97 Å². The third-order valence-corrected chi connectivity index (χ3v) is 6.73. The fourth-order valence-electron chi connectivity index (χ4n) is 4.82. The number of aliphatic carboxylic acids is 1. The third-order valence-electron chi connectivity index (χ3n) is 6.73. The van der Waals surface area contributed by atoms with Crippen LogP contribution in [0.25, 0.3) is 0 Å². The number of cyclic esters (lactones) is 1. The number of likely N-dealkylation sites (N-methyl/N-ethyl adjacent to an activating group) is 1. The number of quaternary nitrogens is 1. The first-order valence-electron chi connectivity index (χ1n) is 10.9. The van der Waals surface area contributed by atoms with Crippen molar-refractivity contribution in [1.29, 1.82) is 0 Å². The number of nitrogens with zero attached hydrogens (tertiary/aromatic N) is 4. The van der Waals surface area contributed by atoms with Crippen molar-refractivity contribution in [3.05, 3.63) is 0 Å². The molecule has 0 aromatic rings. The lowest BCUT2D eigenvalue weighted by atomic mass is 9.95. The average Bonchev–Trinajstić information content (AvgIpc) is 2.97. The molecule has 0 bridgehead atoms. The summed E-state index contributed by atoms with van der Waals surface area (Å²) in [5.74, 6) is -0.126. The Morgan fingerprint density at radius 2 is 1.82 bits per heavy atom. The van der Waals surface area contributed by atoms with E-state index in [1.165, 1.54) is 12.8 Å². The number of carbonyl (C=O) groups is 2. The summed E-state index contributed by atoms with van der Waals surface area (Å²) in [6, 6.07) is 0. The minimum atomic E-state index is -0.728. The molecule has 8 nitrogen and oxygen atoms in total. The largest absolute Gasteiger partial charge is 0.517 e. The normalized spacial score (nSPS) is 31.2. The molecule has 2 unspecified atom stereocenters. The Morgan fingerprint density at radius 3 is 2.43 bits per heavy atom. The maximum atomic E-state index is 12.7. The number of hydrogen-bond acceptors (Lipinski definition) is 6. The molecule has 0 aromatic heterocycles. The van der Waals surface area contributed by atoms with Gasteiger partial charge in [-0.15, -0.1) is 0 Å². The smallest absolute Gasteiger partial charge is 0.481 e. The molecule has 3 fully saturated rings. The molecule has 1 N–H and O–H groups in total. The van der Waals surface area contributed by atoms with Crippen molar-refractivity contribution in [2.45, 2.75) is 38.8 Å². The molecular formula is C20H37N4O4+. The standard InChI is InChI=1S/C20H36N4O4/c1-3-21-9-6-17(7-10-21)15-24(2)16-18(28-20(24)27)23-13-11-22(12-14-23)8-4-5-19(25)26/h17-18H,3-16H2,1-2H3/p+1. The zero-order chi connectivity index (χ0) is 20.1. The molecule has 2 atom stereocenters. The van der Waals surface area contributed by atoms with Gasteiger partial charge in [0.1, 0.15) is 6.54 Å². The summed E-state index contributed by atoms with van der Waals surface area (Å²) in [5, 5.41) is 8.77. The van der Waals surface area contributed by atoms with Crippen LogP contribution in [0, 0.1) is 5.92 Å². The number of amides is 1. The van der Waals surface area contributed by atoms with Crippen molar-refractivity contribution in [3.63, 3.8) is 0 Å². The van der Waals surface area contributed by atoms with Crippen LogP contribution in [0.2, 0.25) is 0 Å². The van der Waals surface area contributed by atoms with Gasteiger partial charge >= 0.3 is 12.1 Å². The first-order chi connectivity index (χ1) is 13.4. The predicted octanol–water partition coefficient (Wildman–Crippen LogP) is 1.12. The van der Waals surface area contributed by atoms with Crippen LogP contribution in [0.5, 0.6) is 0 Å². The average molecular weight is 398 g/mol. The van der Waals surface area contributed by atoms with Gasteiger partial charge in [0.2, 0.25) is 6.23 Å². The van der Waals surface area contributed by atoms with Gasteiger partial charge in [-0.3, -0.25) is 9.69 Å². The Hall–Kier alpha value is -1.22. The van der Waals surface area contributed by atoms with Crippen LogP contribution >= 0.6 is 0 Å². The Bertz CT molecular complexity index is 544. The summed E-state index contributed by atoms with van der Waals surface area (Å²) in [7, 11) is 2.04. The maximum absolute atomic E-state index is 12.7. The van der Waals surface area contributed by atoms with Gasteiger partial charge in [-0.1, -0.05) is 6.92 Å². The van der Waals surface area contributed by atoms with Crippen molar-refractivity contribution < 1.29 is 23.9 Å².